The molecule has 2 aromatic rings. The number of esters is 1. The van der Waals surface area contributed by atoms with E-state index in [0.717, 1.165) is 31.2 Å². The van der Waals surface area contributed by atoms with Crippen LogP contribution in [0.3, 0.4) is 0 Å². The lowest BCUT2D eigenvalue weighted by molar-refractivity contribution is -0.129. The third-order valence-corrected chi connectivity index (χ3v) is 4.73. The van der Waals surface area contributed by atoms with Gasteiger partial charge in [0.15, 0.2) is 0 Å². The first-order chi connectivity index (χ1) is 13.7. The molecule has 1 atom stereocenters. The molecular formula is C24H32N2O2. The van der Waals surface area contributed by atoms with Gasteiger partial charge in [0.05, 0.1) is 0 Å². The van der Waals surface area contributed by atoms with Crippen LogP contribution in [-0.4, -0.2) is 15.9 Å². The Hall–Kier alpha value is -2.49. The van der Waals surface area contributed by atoms with Crippen LogP contribution in [0.15, 0.2) is 54.9 Å². The van der Waals surface area contributed by atoms with E-state index in [2.05, 4.69) is 35.9 Å². The molecule has 0 radical (unpaired) electrons. The molecule has 0 aliphatic carbocycles. The summed E-state index contributed by atoms with van der Waals surface area (Å²) in [4.78, 5) is 20.5. The lowest BCUT2D eigenvalue weighted by atomic mass is 9.94. The van der Waals surface area contributed by atoms with Crippen molar-refractivity contribution in [3.05, 3.63) is 66.0 Å². The summed E-state index contributed by atoms with van der Waals surface area (Å²) in [5.41, 5.74) is 2.28. The number of aryl methyl sites for hydroxylation is 1. The molecular weight excluding hydrogens is 348 g/mol. The van der Waals surface area contributed by atoms with Crippen molar-refractivity contribution in [3.63, 3.8) is 0 Å². The number of benzene rings is 1. The zero-order valence-electron chi connectivity index (χ0n) is 17.1. The molecule has 1 heterocycles. The molecule has 4 heteroatoms. The number of unbranched alkanes of at least 4 members (excludes halogenated alkanes) is 4. The van der Waals surface area contributed by atoms with Gasteiger partial charge >= 0.3 is 12.0 Å². The maximum Gasteiger partial charge on any atom is 0.338 e. The summed E-state index contributed by atoms with van der Waals surface area (Å²) in [6.07, 6.45) is 16.1. The number of rotatable bonds is 12. The fourth-order valence-corrected chi connectivity index (χ4v) is 3.16. The molecule has 0 aliphatic heterocycles. The van der Waals surface area contributed by atoms with Crippen LogP contribution in [0.1, 0.15) is 75.8 Å². The van der Waals surface area contributed by atoms with Crippen LogP contribution in [0.25, 0.3) is 0 Å². The third-order valence-electron chi connectivity index (χ3n) is 4.73. The Balaban J connectivity index is 1.83. The maximum atomic E-state index is 12.1. The van der Waals surface area contributed by atoms with Crippen molar-refractivity contribution < 1.29 is 9.53 Å². The molecule has 0 aliphatic rings. The van der Waals surface area contributed by atoms with Gasteiger partial charge in [0.25, 0.3) is 0 Å². The first-order valence-corrected chi connectivity index (χ1v) is 10.5. The lowest BCUT2D eigenvalue weighted by Crippen LogP contribution is -2.08. The second kappa shape index (κ2) is 12.8. The number of hydrogen-bond donors (Lipinski definition) is 0. The van der Waals surface area contributed by atoms with E-state index in [0.29, 0.717) is 0 Å². The molecule has 0 fully saturated rings. The SMILES string of the molecule is CCCCCCCc1cnc(OC(=O)/C=C/C(CCC)c2ccccc2)nc1. The van der Waals surface area contributed by atoms with Gasteiger partial charge in [0.1, 0.15) is 0 Å². The molecule has 0 saturated heterocycles. The van der Waals surface area contributed by atoms with Gasteiger partial charge in [0.2, 0.25) is 0 Å². The predicted octanol–water partition coefficient (Wildman–Crippen LogP) is 6.04. The summed E-state index contributed by atoms with van der Waals surface area (Å²) in [6, 6.07) is 10.3. The van der Waals surface area contributed by atoms with Crippen LogP contribution in [0.2, 0.25) is 0 Å². The molecule has 1 aromatic heterocycles. The Morgan fingerprint density at radius 1 is 1.00 bits per heavy atom. The van der Waals surface area contributed by atoms with Crippen molar-refractivity contribution in [3.8, 4) is 6.01 Å². The minimum atomic E-state index is -0.440. The van der Waals surface area contributed by atoms with Crippen LogP contribution < -0.4 is 4.74 Å². The van der Waals surface area contributed by atoms with Crippen molar-refractivity contribution in [2.24, 2.45) is 0 Å². The number of carbonyl (C=O) groups is 1. The van der Waals surface area contributed by atoms with Crippen molar-refractivity contribution in [2.45, 2.75) is 71.1 Å². The first-order valence-electron chi connectivity index (χ1n) is 10.5. The molecule has 0 spiro atoms. The fraction of sp³-hybridized carbons (Fsp3) is 0.458. The number of ether oxygens (including phenoxy) is 1. The van der Waals surface area contributed by atoms with Gasteiger partial charge in [-0.25, -0.2) is 14.8 Å². The minimum Gasteiger partial charge on any atom is -0.388 e. The van der Waals surface area contributed by atoms with Crippen LogP contribution in [0.4, 0.5) is 0 Å². The molecule has 0 amide bonds. The van der Waals surface area contributed by atoms with E-state index < -0.39 is 5.97 Å². The zero-order valence-corrected chi connectivity index (χ0v) is 17.1. The fourth-order valence-electron chi connectivity index (χ4n) is 3.16. The molecule has 28 heavy (non-hydrogen) atoms. The summed E-state index contributed by atoms with van der Waals surface area (Å²) in [5.74, 6) is -0.237. The summed E-state index contributed by atoms with van der Waals surface area (Å²) in [7, 11) is 0. The van der Waals surface area contributed by atoms with Gasteiger partial charge in [-0.05, 0) is 30.4 Å². The third kappa shape index (κ3) is 8.03. The summed E-state index contributed by atoms with van der Waals surface area (Å²) in [5, 5.41) is 0. The quantitative estimate of drug-likeness (QED) is 0.256. The summed E-state index contributed by atoms with van der Waals surface area (Å²) >= 11 is 0. The second-order valence-electron chi connectivity index (χ2n) is 7.12. The lowest BCUT2D eigenvalue weighted by Gasteiger charge is -2.11. The second-order valence-corrected chi connectivity index (χ2v) is 7.12. The van der Waals surface area contributed by atoms with E-state index >= 15 is 0 Å². The Morgan fingerprint density at radius 3 is 2.39 bits per heavy atom. The molecule has 0 bridgehead atoms. The normalized spacial score (nSPS) is 12.2. The number of nitrogens with zero attached hydrogens (tertiary/aromatic N) is 2. The molecule has 0 N–H and O–H groups in total. The van der Waals surface area contributed by atoms with E-state index in [1.807, 2.05) is 24.3 Å². The number of aromatic nitrogens is 2. The topological polar surface area (TPSA) is 52.1 Å². The monoisotopic (exact) mass is 380 g/mol. The van der Waals surface area contributed by atoms with Crippen molar-refractivity contribution >= 4 is 5.97 Å². The molecule has 2 rings (SSSR count). The Kier molecular flexibility index (Phi) is 9.98. The Bertz CT molecular complexity index is 711. The van der Waals surface area contributed by atoms with E-state index in [-0.39, 0.29) is 11.9 Å². The van der Waals surface area contributed by atoms with Crippen molar-refractivity contribution in [1.82, 2.24) is 9.97 Å². The average Bonchev–Trinajstić information content (AvgIpc) is 2.73. The van der Waals surface area contributed by atoms with Gasteiger partial charge < -0.3 is 4.74 Å². The predicted molar refractivity (Wildman–Crippen MR) is 113 cm³/mol. The standard InChI is InChI=1S/C24H32N2O2/c1-3-5-6-7-9-13-20-18-25-24(26-19-20)28-23(27)17-16-21(12-4-2)22-14-10-8-11-15-22/h8,10-11,14-19,21H,3-7,9,12-13H2,1-2H3/b17-16+. The highest BCUT2D eigenvalue weighted by atomic mass is 16.5. The molecule has 0 saturated carbocycles. The zero-order chi connectivity index (χ0) is 20.0. The smallest absolute Gasteiger partial charge is 0.338 e. The van der Waals surface area contributed by atoms with Crippen molar-refractivity contribution in [2.75, 3.05) is 0 Å². The van der Waals surface area contributed by atoms with E-state index in [4.69, 9.17) is 4.74 Å². The number of allylic oxidation sites excluding steroid dienone is 1. The van der Waals surface area contributed by atoms with Crippen LogP contribution >= 0.6 is 0 Å². The van der Waals surface area contributed by atoms with E-state index in [1.54, 1.807) is 12.4 Å². The van der Waals surface area contributed by atoms with Crippen LogP contribution in [0, 0.1) is 0 Å². The van der Waals surface area contributed by atoms with Gasteiger partial charge in [-0.1, -0.05) is 82.4 Å². The molecule has 1 unspecified atom stereocenters. The maximum absolute atomic E-state index is 12.1. The van der Waals surface area contributed by atoms with E-state index in [1.165, 1.54) is 37.3 Å². The summed E-state index contributed by atoms with van der Waals surface area (Å²) < 4.78 is 5.24. The Labute approximate surface area is 169 Å². The van der Waals surface area contributed by atoms with E-state index in [9.17, 15) is 4.79 Å². The van der Waals surface area contributed by atoms with Crippen molar-refractivity contribution in [1.29, 1.82) is 0 Å². The highest BCUT2D eigenvalue weighted by Crippen LogP contribution is 2.22. The highest BCUT2D eigenvalue weighted by molar-refractivity contribution is 5.83. The highest BCUT2D eigenvalue weighted by Gasteiger charge is 2.09. The molecule has 4 nitrogen and oxygen atoms in total. The largest absolute Gasteiger partial charge is 0.388 e. The minimum absolute atomic E-state index is 0.108. The van der Waals surface area contributed by atoms with Gasteiger partial charge in [-0.2, -0.15) is 0 Å². The van der Waals surface area contributed by atoms with Crippen LogP contribution in [-0.2, 0) is 11.2 Å². The van der Waals surface area contributed by atoms with Gasteiger partial charge in [-0.15, -0.1) is 0 Å². The number of carbonyl (C=O) groups excluding carboxylic acids is 1. The summed E-state index contributed by atoms with van der Waals surface area (Å²) in [6.45, 7) is 4.36. The van der Waals surface area contributed by atoms with Gasteiger partial charge in [0, 0.05) is 24.4 Å². The number of hydrogen-bond acceptors (Lipinski definition) is 4. The average molecular weight is 381 g/mol. The molecule has 150 valence electrons. The first kappa shape index (κ1) is 21.8. The molecule has 1 aromatic carbocycles. The van der Waals surface area contributed by atoms with Crippen LogP contribution in [0.5, 0.6) is 6.01 Å². The van der Waals surface area contributed by atoms with Gasteiger partial charge in [-0.3, -0.25) is 0 Å². The Morgan fingerprint density at radius 2 is 1.71 bits per heavy atom.